The standard InChI is InChI=1S/C52H33NO2/c1-4-14-34(15-5-1)36-26-29-39(30-27-36)53(38-18-8-3-9-19-38)47-24-13-25-48-50(47)46-33-45(40-20-10-11-21-42(40)52(46)54-48)44-23-12-22-43-41-31-28-37(32-49(41)55-51(43)44)35-16-6-2-7-17-35/h1-33H. The van der Waals surface area contributed by atoms with E-state index in [9.17, 15) is 0 Å². The topological polar surface area (TPSA) is 29.5 Å². The molecule has 2 aromatic heterocycles. The number of nitrogens with zero attached hydrogens (tertiary/aromatic N) is 1. The van der Waals surface area contributed by atoms with Crippen molar-refractivity contribution in [2.75, 3.05) is 4.90 Å². The van der Waals surface area contributed by atoms with Gasteiger partial charge in [0.1, 0.15) is 22.3 Å². The Balaban J connectivity index is 1.14. The Bertz CT molecular complexity index is 3180. The van der Waals surface area contributed by atoms with Crippen LogP contribution in [0.3, 0.4) is 0 Å². The molecule has 0 aliphatic carbocycles. The largest absolute Gasteiger partial charge is 0.455 e. The van der Waals surface area contributed by atoms with Gasteiger partial charge in [0.05, 0.1) is 11.1 Å². The molecular formula is C52H33NO2. The van der Waals surface area contributed by atoms with Gasteiger partial charge in [-0.1, -0.05) is 146 Å². The fraction of sp³-hybridized carbons (Fsp3) is 0. The van der Waals surface area contributed by atoms with E-state index in [1.165, 1.54) is 16.7 Å². The van der Waals surface area contributed by atoms with Gasteiger partial charge >= 0.3 is 0 Å². The summed E-state index contributed by atoms with van der Waals surface area (Å²) < 4.78 is 13.7. The summed E-state index contributed by atoms with van der Waals surface area (Å²) in [5.74, 6) is 0. The number of hydrogen-bond acceptors (Lipinski definition) is 3. The summed E-state index contributed by atoms with van der Waals surface area (Å²) in [4.78, 5) is 2.34. The molecule has 0 spiro atoms. The molecule has 55 heavy (non-hydrogen) atoms. The van der Waals surface area contributed by atoms with E-state index in [1.54, 1.807) is 0 Å². The molecule has 3 heteroatoms. The second-order valence-electron chi connectivity index (χ2n) is 14.0. The van der Waals surface area contributed by atoms with E-state index < -0.39 is 0 Å². The summed E-state index contributed by atoms with van der Waals surface area (Å²) >= 11 is 0. The fourth-order valence-corrected chi connectivity index (χ4v) is 8.30. The third-order valence-corrected chi connectivity index (χ3v) is 10.9. The summed E-state index contributed by atoms with van der Waals surface area (Å²) in [6.45, 7) is 0. The first kappa shape index (κ1) is 31.2. The third kappa shape index (κ3) is 5.13. The Morgan fingerprint density at radius 2 is 0.873 bits per heavy atom. The number of rotatable bonds is 6. The van der Waals surface area contributed by atoms with Gasteiger partial charge in [-0.2, -0.15) is 0 Å². The summed E-state index contributed by atoms with van der Waals surface area (Å²) in [5, 5.41) is 6.50. The van der Waals surface area contributed by atoms with Crippen molar-refractivity contribution in [3.05, 3.63) is 200 Å². The number of benzene rings is 9. The molecule has 0 saturated heterocycles. The molecule has 0 bridgehead atoms. The molecular weight excluding hydrogens is 671 g/mol. The zero-order valence-corrected chi connectivity index (χ0v) is 29.8. The van der Waals surface area contributed by atoms with Crippen LogP contribution in [-0.2, 0) is 0 Å². The molecule has 0 unspecified atom stereocenters. The summed E-state index contributed by atoms with van der Waals surface area (Å²) in [7, 11) is 0. The van der Waals surface area contributed by atoms with E-state index >= 15 is 0 Å². The predicted molar refractivity (Wildman–Crippen MR) is 229 cm³/mol. The molecule has 9 aromatic carbocycles. The quantitative estimate of drug-likeness (QED) is 0.173. The van der Waals surface area contributed by atoms with E-state index in [4.69, 9.17) is 8.83 Å². The van der Waals surface area contributed by atoms with Crippen LogP contribution in [0.1, 0.15) is 0 Å². The van der Waals surface area contributed by atoms with Crippen LogP contribution in [0.4, 0.5) is 17.1 Å². The van der Waals surface area contributed by atoms with Gasteiger partial charge < -0.3 is 13.7 Å². The molecule has 0 fully saturated rings. The molecule has 0 saturated carbocycles. The van der Waals surface area contributed by atoms with Crippen LogP contribution in [-0.4, -0.2) is 0 Å². The van der Waals surface area contributed by atoms with Crippen LogP contribution in [0.5, 0.6) is 0 Å². The van der Waals surface area contributed by atoms with Gasteiger partial charge in [-0.05, 0) is 87.8 Å². The van der Waals surface area contributed by atoms with Crippen LogP contribution in [0, 0.1) is 0 Å². The molecule has 0 N–H and O–H groups in total. The lowest BCUT2D eigenvalue weighted by molar-refractivity contribution is 0.670. The van der Waals surface area contributed by atoms with Crippen molar-refractivity contribution in [1.29, 1.82) is 0 Å². The molecule has 0 aliphatic heterocycles. The summed E-state index contributed by atoms with van der Waals surface area (Å²) in [6.07, 6.45) is 0. The highest BCUT2D eigenvalue weighted by atomic mass is 16.3. The van der Waals surface area contributed by atoms with E-state index in [0.717, 1.165) is 88.4 Å². The van der Waals surface area contributed by atoms with Crippen molar-refractivity contribution in [1.82, 2.24) is 0 Å². The first-order valence-electron chi connectivity index (χ1n) is 18.7. The van der Waals surface area contributed by atoms with Gasteiger partial charge in [-0.25, -0.2) is 0 Å². The van der Waals surface area contributed by atoms with Gasteiger partial charge in [0.25, 0.3) is 0 Å². The van der Waals surface area contributed by atoms with Crippen LogP contribution in [0.2, 0.25) is 0 Å². The van der Waals surface area contributed by atoms with Gasteiger partial charge in [0.15, 0.2) is 0 Å². The molecule has 11 rings (SSSR count). The SMILES string of the molecule is c1ccc(-c2ccc(N(c3ccccc3)c3cccc4oc5c6ccccc6c(-c6cccc7c6oc6cc(-c8ccccc8)ccc67)cc5c34)cc2)cc1. The Kier molecular flexibility index (Phi) is 7.17. The molecule has 3 nitrogen and oxygen atoms in total. The van der Waals surface area contributed by atoms with E-state index in [2.05, 4.69) is 199 Å². The van der Waals surface area contributed by atoms with Crippen molar-refractivity contribution >= 4 is 71.7 Å². The maximum atomic E-state index is 6.84. The highest BCUT2D eigenvalue weighted by Gasteiger charge is 2.23. The minimum absolute atomic E-state index is 0.840. The second-order valence-corrected chi connectivity index (χ2v) is 14.0. The number of hydrogen-bond donors (Lipinski definition) is 0. The number of anilines is 3. The van der Waals surface area contributed by atoms with Gasteiger partial charge in [-0.3, -0.25) is 0 Å². The smallest absolute Gasteiger partial charge is 0.143 e. The van der Waals surface area contributed by atoms with Crippen molar-refractivity contribution in [2.45, 2.75) is 0 Å². The summed E-state index contributed by atoms with van der Waals surface area (Å²) in [6, 6.07) is 70.7. The number of para-hydroxylation sites is 2. The van der Waals surface area contributed by atoms with Crippen molar-refractivity contribution < 1.29 is 8.83 Å². The average Bonchev–Trinajstić information content (AvgIpc) is 3.84. The van der Waals surface area contributed by atoms with Crippen LogP contribution >= 0.6 is 0 Å². The van der Waals surface area contributed by atoms with Gasteiger partial charge in [0.2, 0.25) is 0 Å². The minimum Gasteiger partial charge on any atom is -0.455 e. The van der Waals surface area contributed by atoms with Gasteiger partial charge in [-0.15, -0.1) is 0 Å². The Morgan fingerprint density at radius 1 is 0.309 bits per heavy atom. The Labute approximate surface area is 317 Å². The van der Waals surface area contributed by atoms with E-state index in [1.807, 2.05) is 6.07 Å². The van der Waals surface area contributed by atoms with E-state index in [0.29, 0.717) is 0 Å². The average molecular weight is 704 g/mol. The molecule has 11 aromatic rings. The Morgan fingerprint density at radius 3 is 1.64 bits per heavy atom. The minimum atomic E-state index is 0.840. The van der Waals surface area contributed by atoms with Crippen molar-refractivity contribution in [3.8, 4) is 33.4 Å². The van der Waals surface area contributed by atoms with Crippen LogP contribution in [0.15, 0.2) is 209 Å². The molecule has 0 aliphatic rings. The number of fused-ring (bicyclic) bond motifs is 8. The zero-order valence-electron chi connectivity index (χ0n) is 29.8. The Hall–Kier alpha value is -7.36. The summed E-state index contributed by atoms with van der Waals surface area (Å²) in [5.41, 5.74) is 13.5. The lowest BCUT2D eigenvalue weighted by Gasteiger charge is -2.26. The molecule has 0 atom stereocenters. The fourth-order valence-electron chi connectivity index (χ4n) is 8.30. The highest BCUT2D eigenvalue weighted by molar-refractivity contribution is 6.24. The maximum absolute atomic E-state index is 6.84. The van der Waals surface area contributed by atoms with Crippen molar-refractivity contribution in [3.63, 3.8) is 0 Å². The lowest BCUT2D eigenvalue weighted by Crippen LogP contribution is -2.10. The third-order valence-electron chi connectivity index (χ3n) is 10.9. The van der Waals surface area contributed by atoms with Crippen LogP contribution in [0.25, 0.3) is 88.0 Å². The zero-order chi connectivity index (χ0) is 36.3. The lowest BCUT2D eigenvalue weighted by atomic mass is 9.93. The molecule has 0 radical (unpaired) electrons. The predicted octanol–water partition coefficient (Wildman–Crippen LogP) is 15.1. The second kappa shape index (κ2) is 12.6. The van der Waals surface area contributed by atoms with Crippen LogP contribution < -0.4 is 4.90 Å². The molecule has 258 valence electrons. The first-order chi connectivity index (χ1) is 27.3. The first-order valence-corrected chi connectivity index (χ1v) is 18.7. The maximum Gasteiger partial charge on any atom is 0.143 e. The number of furan rings is 2. The van der Waals surface area contributed by atoms with Gasteiger partial charge in [0, 0.05) is 38.5 Å². The van der Waals surface area contributed by atoms with Crippen molar-refractivity contribution in [2.24, 2.45) is 0 Å². The van der Waals surface area contributed by atoms with E-state index in [-0.39, 0.29) is 0 Å². The monoisotopic (exact) mass is 703 g/mol. The molecule has 2 heterocycles. The highest BCUT2D eigenvalue weighted by Crippen LogP contribution is 2.47. The molecule has 0 amide bonds. The normalized spacial score (nSPS) is 11.6.